The van der Waals surface area contributed by atoms with Crippen LogP contribution in [-0.2, 0) is 22.8 Å². The number of nitrogens with zero attached hydrogens (tertiary/aromatic N) is 1. The Kier molecular flexibility index (Phi) is 9.17. The number of rotatable bonds is 0. The first-order chi connectivity index (χ1) is 19.7. The fourth-order valence-corrected chi connectivity index (χ4v) is 8.14. The highest BCUT2D eigenvalue weighted by Gasteiger charge is 2.46. The van der Waals surface area contributed by atoms with E-state index in [4.69, 9.17) is 16.3 Å². The standard InChI is InChI=1S/C31H37ClN2O4S.C2H6/c1-30(36)13-3-2-4-15-39(37)33-29(35)22-8-12-28-27(17-22)34(18-23-7-10-25(23)30)19-31(20-38-28)14-5-6-21-16-24(32)9-11-26(21)31;1-2/h3,8-9,11-13,16-17,23,25,36H,2,4-7,10,14-15,18-20H2,1H3,(H,33,35);1-2H3/b13-3+;/t23?,25?,30-,31+,39?;/m1./s1. The highest BCUT2D eigenvalue weighted by atomic mass is 35.5. The van der Waals surface area contributed by atoms with Crippen molar-refractivity contribution in [3.8, 4) is 5.75 Å². The predicted octanol–water partition coefficient (Wildman–Crippen LogP) is 6.36. The molecule has 41 heavy (non-hydrogen) atoms. The van der Waals surface area contributed by atoms with Crippen molar-refractivity contribution >= 4 is 34.2 Å². The summed E-state index contributed by atoms with van der Waals surface area (Å²) in [5.74, 6) is 1.27. The highest BCUT2D eigenvalue weighted by molar-refractivity contribution is 7.83. The molecule has 222 valence electrons. The minimum Gasteiger partial charge on any atom is -0.490 e. The molecular weight excluding hydrogens is 556 g/mol. The minimum atomic E-state index is -1.47. The molecule has 0 aromatic heterocycles. The van der Waals surface area contributed by atoms with Crippen molar-refractivity contribution in [2.75, 3.05) is 30.3 Å². The number of fused-ring (bicyclic) bond motifs is 4. The average molecular weight is 599 g/mol. The van der Waals surface area contributed by atoms with E-state index in [1.165, 1.54) is 11.1 Å². The first-order valence-electron chi connectivity index (χ1n) is 15.1. The van der Waals surface area contributed by atoms with Gasteiger partial charge in [-0.15, -0.1) is 0 Å². The normalized spacial score (nSPS) is 32.1. The smallest absolute Gasteiger partial charge is 0.263 e. The zero-order chi connectivity index (χ0) is 29.2. The molecule has 2 heterocycles. The topological polar surface area (TPSA) is 78.9 Å². The summed E-state index contributed by atoms with van der Waals surface area (Å²) >= 11 is 6.38. The second-order valence-electron chi connectivity index (χ2n) is 12.0. The van der Waals surface area contributed by atoms with Crippen LogP contribution in [0.2, 0.25) is 5.02 Å². The summed E-state index contributed by atoms with van der Waals surface area (Å²) in [7, 11) is -1.47. The molecule has 1 fully saturated rings. The molecule has 2 aliphatic carbocycles. The maximum absolute atomic E-state index is 13.1. The summed E-state index contributed by atoms with van der Waals surface area (Å²) in [4.78, 5) is 15.5. The molecule has 1 amide bonds. The van der Waals surface area contributed by atoms with Crippen molar-refractivity contribution in [2.45, 2.75) is 76.7 Å². The molecule has 6 rings (SSSR count). The van der Waals surface area contributed by atoms with Gasteiger partial charge in [-0.2, -0.15) is 0 Å². The Morgan fingerprint density at radius 3 is 2.76 bits per heavy atom. The van der Waals surface area contributed by atoms with Crippen LogP contribution in [0.5, 0.6) is 5.75 Å². The van der Waals surface area contributed by atoms with Gasteiger partial charge in [0.1, 0.15) is 16.7 Å². The lowest BCUT2D eigenvalue weighted by molar-refractivity contribution is -0.0314. The largest absolute Gasteiger partial charge is 0.490 e. The summed E-state index contributed by atoms with van der Waals surface area (Å²) in [6, 6.07) is 11.8. The van der Waals surface area contributed by atoms with Gasteiger partial charge in [0, 0.05) is 34.8 Å². The molecular formula is C33H43ClN2O4S. The average Bonchev–Trinajstić information content (AvgIpc) is 3.08. The van der Waals surface area contributed by atoms with Crippen molar-refractivity contribution in [3.05, 3.63) is 70.3 Å². The van der Waals surface area contributed by atoms with Crippen LogP contribution >= 0.6 is 11.6 Å². The SMILES string of the molecule is CC.C[C@@]1(O)/C=C/CCCS(=O)NC(=O)c2ccc3c(c2)N(CC2CCC21)C[C@@]1(CCCc2cc(Cl)ccc21)CO3. The Labute approximate surface area is 252 Å². The lowest BCUT2D eigenvalue weighted by atomic mass is 9.64. The van der Waals surface area contributed by atoms with Crippen LogP contribution in [0.3, 0.4) is 0 Å². The molecule has 0 radical (unpaired) electrons. The number of halogens is 1. The first-order valence-corrected chi connectivity index (χ1v) is 16.8. The van der Waals surface area contributed by atoms with E-state index in [1.807, 2.05) is 51.1 Å². The van der Waals surface area contributed by atoms with Crippen LogP contribution < -0.4 is 14.4 Å². The van der Waals surface area contributed by atoms with Gasteiger partial charge >= 0.3 is 0 Å². The summed E-state index contributed by atoms with van der Waals surface area (Å²) in [5.41, 5.74) is 2.85. The van der Waals surface area contributed by atoms with Crippen LogP contribution in [0.4, 0.5) is 5.69 Å². The molecule has 5 atom stereocenters. The fraction of sp³-hybridized carbons (Fsp3) is 0.545. The Balaban J connectivity index is 0.00000165. The second kappa shape index (κ2) is 12.5. The Morgan fingerprint density at radius 2 is 1.98 bits per heavy atom. The summed E-state index contributed by atoms with van der Waals surface area (Å²) in [5, 5.41) is 12.2. The van der Waals surface area contributed by atoms with Crippen molar-refractivity contribution in [3.63, 3.8) is 0 Å². The molecule has 1 spiro atoms. The lowest BCUT2D eigenvalue weighted by Gasteiger charge is -2.48. The summed E-state index contributed by atoms with van der Waals surface area (Å²) in [6.07, 6.45) is 10.4. The third-order valence-corrected chi connectivity index (χ3v) is 10.6. The Hall–Kier alpha value is -2.35. The number of amides is 1. The number of carbonyl (C=O) groups is 1. The minimum absolute atomic E-state index is 0.156. The maximum atomic E-state index is 13.1. The van der Waals surface area contributed by atoms with E-state index < -0.39 is 16.6 Å². The molecule has 3 unspecified atom stereocenters. The van der Waals surface area contributed by atoms with E-state index in [0.717, 1.165) is 61.7 Å². The molecule has 0 saturated heterocycles. The van der Waals surface area contributed by atoms with Gasteiger partial charge in [0.05, 0.1) is 17.9 Å². The number of aryl methyl sites for hydroxylation is 1. The third-order valence-electron chi connectivity index (χ3n) is 9.28. The van der Waals surface area contributed by atoms with Crippen LogP contribution in [-0.4, -0.2) is 46.3 Å². The van der Waals surface area contributed by atoms with Gasteiger partial charge in [-0.25, -0.2) is 4.21 Å². The molecule has 4 aliphatic rings. The molecule has 2 aromatic rings. The van der Waals surface area contributed by atoms with Gasteiger partial charge in [-0.3, -0.25) is 9.52 Å². The quantitative estimate of drug-likeness (QED) is 0.345. The zero-order valence-electron chi connectivity index (χ0n) is 24.5. The predicted molar refractivity (Wildman–Crippen MR) is 167 cm³/mol. The van der Waals surface area contributed by atoms with Crippen LogP contribution in [0, 0.1) is 11.8 Å². The lowest BCUT2D eigenvalue weighted by Crippen LogP contribution is -2.51. The molecule has 2 bridgehead atoms. The van der Waals surface area contributed by atoms with Gasteiger partial charge in [-0.05, 0) is 105 Å². The van der Waals surface area contributed by atoms with E-state index >= 15 is 0 Å². The van der Waals surface area contributed by atoms with Gasteiger partial charge < -0.3 is 14.7 Å². The van der Waals surface area contributed by atoms with Gasteiger partial charge in [-0.1, -0.05) is 43.7 Å². The zero-order valence-corrected chi connectivity index (χ0v) is 26.0. The molecule has 2 aromatic carbocycles. The van der Waals surface area contributed by atoms with E-state index in [-0.39, 0.29) is 17.2 Å². The number of anilines is 1. The number of ether oxygens (including phenoxy) is 1. The summed E-state index contributed by atoms with van der Waals surface area (Å²) < 4.78 is 21.8. The number of aliphatic hydroxyl groups is 1. The highest BCUT2D eigenvalue weighted by Crippen LogP contribution is 2.48. The molecule has 2 aliphatic heterocycles. The van der Waals surface area contributed by atoms with Gasteiger partial charge in [0.25, 0.3) is 5.91 Å². The van der Waals surface area contributed by atoms with E-state index in [0.29, 0.717) is 36.7 Å². The molecule has 1 saturated carbocycles. The van der Waals surface area contributed by atoms with Crippen molar-refractivity contribution in [1.29, 1.82) is 0 Å². The Bertz CT molecular complexity index is 1330. The Morgan fingerprint density at radius 1 is 1.15 bits per heavy atom. The fourth-order valence-electron chi connectivity index (χ4n) is 7.09. The maximum Gasteiger partial charge on any atom is 0.263 e. The van der Waals surface area contributed by atoms with Gasteiger partial charge in [0.2, 0.25) is 0 Å². The van der Waals surface area contributed by atoms with E-state index in [1.54, 1.807) is 6.07 Å². The van der Waals surface area contributed by atoms with E-state index in [2.05, 4.69) is 21.8 Å². The molecule has 8 heteroatoms. The molecule has 2 N–H and O–H groups in total. The van der Waals surface area contributed by atoms with Crippen LogP contribution in [0.1, 0.15) is 80.8 Å². The second-order valence-corrected chi connectivity index (χ2v) is 13.7. The third kappa shape index (κ3) is 6.23. The number of benzene rings is 2. The van der Waals surface area contributed by atoms with Crippen molar-refractivity contribution in [1.82, 2.24) is 4.72 Å². The number of nitrogens with one attached hydrogen (secondary N) is 1. The van der Waals surface area contributed by atoms with Gasteiger partial charge in [0.15, 0.2) is 0 Å². The van der Waals surface area contributed by atoms with Crippen LogP contribution in [0.25, 0.3) is 0 Å². The van der Waals surface area contributed by atoms with Crippen molar-refractivity contribution in [2.24, 2.45) is 11.8 Å². The number of allylic oxidation sites excluding steroid dienone is 1. The van der Waals surface area contributed by atoms with E-state index in [9.17, 15) is 14.1 Å². The van der Waals surface area contributed by atoms with Crippen molar-refractivity contribution < 1.29 is 18.8 Å². The number of carbonyl (C=O) groups excluding carboxylic acids is 1. The first kappa shape index (κ1) is 30.1. The number of hydrogen-bond donors (Lipinski definition) is 2. The molecule has 6 nitrogen and oxygen atoms in total. The monoisotopic (exact) mass is 598 g/mol. The van der Waals surface area contributed by atoms with Crippen LogP contribution in [0.15, 0.2) is 48.6 Å². The summed E-state index contributed by atoms with van der Waals surface area (Å²) in [6.45, 7) is 8.00. The number of hydrogen-bond acceptors (Lipinski definition) is 5.